The smallest absolute Gasteiger partial charge is 0.341 e. The largest absolute Gasteiger partial charge is 0.493 e. The molecule has 0 aliphatic rings. The van der Waals surface area contributed by atoms with E-state index >= 15 is 0 Å². The summed E-state index contributed by atoms with van der Waals surface area (Å²) in [4.78, 5) is 21.7. The van der Waals surface area contributed by atoms with Crippen molar-refractivity contribution in [2.75, 3.05) is 13.7 Å². The maximum Gasteiger partial charge on any atom is 0.341 e. The maximum atomic E-state index is 11.4. The van der Waals surface area contributed by atoms with E-state index in [0.29, 0.717) is 17.7 Å². The lowest BCUT2D eigenvalue weighted by Gasteiger charge is -2.09. The van der Waals surface area contributed by atoms with Gasteiger partial charge in [0, 0.05) is 6.42 Å². The fourth-order valence-corrected chi connectivity index (χ4v) is 1.28. The molecular weight excluding hydrogens is 224 g/mol. The molecule has 0 aliphatic carbocycles. The molecule has 1 N–H and O–H groups in total. The van der Waals surface area contributed by atoms with Crippen molar-refractivity contribution >= 4 is 11.9 Å². The van der Waals surface area contributed by atoms with Crippen LogP contribution in [0.25, 0.3) is 0 Å². The number of aliphatic carboxylic acids is 1. The second-order valence-corrected chi connectivity index (χ2v) is 3.33. The van der Waals surface area contributed by atoms with Crippen molar-refractivity contribution in [2.24, 2.45) is 0 Å². The Labute approximate surface area is 99.0 Å². The number of carboxylic acids is 1. The highest BCUT2D eigenvalue weighted by Crippen LogP contribution is 2.18. The summed E-state index contributed by atoms with van der Waals surface area (Å²) >= 11 is 0. The first kappa shape index (κ1) is 13.0. The number of carbonyl (C=O) groups is 2. The molecule has 1 aromatic carbocycles. The Hall–Kier alpha value is -2.04. The van der Waals surface area contributed by atoms with Crippen LogP contribution in [0.4, 0.5) is 0 Å². The van der Waals surface area contributed by atoms with Gasteiger partial charge < -0.3 is 14.6 Å². The Morgan fingerprint density at radius 3 is 2.65 bits per heavy atom. The van der Waals surface area contributed by atoms with E-state index in [4.69, 9.17) is 9.84 Å². The van der Waals surface area contributed by atoms with Crippen molar-refractivity contribution in [1.82, 2.24) is 0 Å². The molecule has 0 spiro atoms. The molecule has 0 unspecified atom stereocenters. The molecule has 0 aliphatic heterocycles. The first-order valence-corrected chi connectivity index (χ1v) is 5.17. The van der Waals surface area contributed by atoms with Gasteiger partial charge in [-0.3, -0.25) is 4.79 Å². The number of benzene rings is 1. The van der Waals surface area contributed by atoms with Gasteiger partial charge >= 0.3 is 11.9 Å². The Kier molecular flexibility index (Phi) is 5.00. The summed E-state index contributed by atoms with van der Waals surface area (Å²) in [7, 11) is 1.30. The van der Waals surface area contributed by atoms with Crippen molar-refractivity contribution in [1.29, 1.82) is 0 Å². The molecular formula is C12H14O5. The van der Waals surface area contributed by atoms with Crippen LogP contribution in [0.3, 0.4) is 0 Å². The van der Waals surface area contributed by atoms with Crippen LogP contribution < -0.4 is 4.74 Å². The maximum absolute atomic E-state index is 11.4. The first-order valence-electron chi connectivity index (χ1n) is 5.17. The lowest BCUT2D eigenvalue weighted by Crippen LogP contribution is -2.07. The molecule has 0 heterocycles. The Bertz CT molecular complexity index is 400. The molecule has 0 saturated carbocycles. The van der Waals surface area contributed by atoms with Crippen LogP contribution in [0.5, 0.6) is 5.75 Å². The summed E-state index contributed by atoms with van der Waals surface area (Å²) in [5, 5.41) is 8.46. The number of para-hydroxylation sites is 1. The van der Waals surface area contributed by atoms with Gasteiger partial charge in [0.05, 0.1) is 13.7 Å². The van der Waals surface area contributed by atoms with Gasteiger partial charge in [-0.25, -0.2) is 4.79 Å². The molecule has 92 valence electrons. The SMILES string of the molecule is COC(=O)c1ccccc1OCCCC(=O)O. The van der Waals surface area contributed by atoms with E-state index in [1.54, 1.807) is 24.3 Å². The van der Waals surface area contributed by atoms with Crippen molar-refractivity contribution in [3.8, 4) is 5.75 Å². The minimum atomic E-state index is -0.866. The number of ether oxygens (including phenoxy) is 2. The van der Waals surface area contributed by atoms with Gasteiger partial charge in [-0.05, 0) is 18.6 Å². The van der Waals surface area contributed by atoms with Crippen LogP contribution in [0.15, 0.2) is 24.3 Å². The molecule has 0 radical (unpaired) electrons. The summed E-state index contributed by atoms with van der Waals surface area (Å²) in [6, 6.07) is 6.68. The molecule has 5 heteroatoms. The lowest BCUT2D eigenvalue weighted by atomic mass is 10.2. The van der Waals surface area contributed by atoms with Gasteiger partial charge in [0.15, 0.2) is 0 Å². The van der Waals surface area contributed by atoms with E-state index in [9.17, 15) is 9.59 Å². The van der Waals surface area contributed by atoms with E-state index in [0.717, 1.165) is 0 Å². The van der Waals surface area contributed by atoms with Gasteiger partial charge in [-0.1, -0.05) is 12.1 Å². The molecule has 0 amide bonds. The lowest BCUT2D eigenvalue weighted by molar-refractivity contribution is -0.137. The highest BCUT2D eigenvalue weighted by molar-refractivity contribution is 5.92. The zero-order valence-electron chi connectivity index (χ0n) is 9.51. The molecule has 0 fully saturated rings. The third-order valence-electron chi connectivity index (χ3n) is 2.08. The number of carboxylic acid groups (broad SMARTS) is 1. The number of esters is 1. The Morgan fingerprint density at radius 1 is 1.29 bits per heavy atom. The Balaban J connectivity index is 2.58. The van der Waals surface area contributed by atoms with Crippen LogP contribution in [0.1, 0.15) is 23.2 Å². The summed E-state index contributed by atoms with van der Waals surface area (Å²) in [5.41, 5.74) is 0.338. The molecule has 17 heavy (non-hydrogen) atoms. The zero-order chi connectivity index (χ0) is 12.7. The van der Waals surface area contributed by atoms with E-state index in [2.05, 4.69) is 4.74 Å². The molecule has 1 aromatic rings. The van der Waals surface area contributed by atoms with E-state index in [1.165, 1.54) is 7.11 Å². The summed E-state index contributed by atoms with van der Waals surface area (Å²) in [6.45, 7) is 0.250. The van der Waals surface area contributed by atoms with E-state index in [-0.39, 0.29) is 13.0 Å². The van der Waals surface area contributed by atoms with Gasteiger partial charge in [-0.2, -0.15) is 0 Å². The normalized spacial score (nSPS) is 9.71. The zero-order valence-corrected chi connectivity index (χ0v) is 9.51. The van der Waals surface area contributed by atoms with Gasteiger partial charge in [0.25, 0.3) is 0 Å². The molecule has 1 rings (SSSR count). The average Bonchev–Trinajstić information content (AvgIpc) is 2.34. The fourth-order valence-electron chi connectivity index (χ4n) is 1.28. The summed E-state index contributed by atoms with van der Waals surface area (Å²) in [6.07, 6.45) is 0.436. The van der Waals surface area contributed by atoms with Gasteiger partial charge in [0.2, 0.25) is 0 Å². The van der Waals surface area contributed by atoms with Crippen LogP contribution in [-0.2, 0) is 9.53 Å². The standard InChI is InChI=1S/C12H14O5/c1-16-12(15)9-5-2-3-6-10(9)17-8-4-7-11(13)14/h2-3,5-6H,4,7-8H2,1H3,(H,13,14). The highest BCUT2D eigenvalue weighted by Gasteiger charge is 2.11. The van der Waals surface area contributed by atoms with Crippen LogP contribution in [0.2, 0.25) is 0 Å². The summed E-state index contributed by atoms with van der Waals surface area (Å²) in [5.74, 6) is -0.932. The Morgan fingerprint density at radius 2 is 2.00 bits per heavy atom. The third-order valence-corrected chi connectivity index (χ3v) is 2.08. The monoisotopic (exact) mass is 238 g/mol. The molecule has 0 atom stereocenters. The third kappa shape index (κ3) is 4.14. The van der Waals surface area contributed by atoms with Crippen molar-refractivity contribution in [2.45, 2.75) is 12.8 Å². The number of hydrogen-bond acceptors (Lipinski definition) is 4. The van der Waals surface area contributed by atoms with Crippen LogP contribution >= 0.6 is 0 Å². The first-order chi connectivity index (χ1) is 8.15. The number of methoxy groups -OCH3 is 1. The number of carbonyl (C=O) groups excluding carboxylic acids is 1. The second-order valence-electron chi connectivity index (χ2n) is 3.33. The van der Waals surface area contributed by atoms with Crippen LogP contribution in [-0.4, -0.2) is 30.8 Å². The minimum absolute atomic E-state index is 0.0421. The average molecular weight is 238 g/mol. The minimum Gasteiger partial charge on any atom is -0.493 e. The second kappa shape index (κ2) is 6.52. The predicted molar refractivity (Wildman–Crippen MR) is 60.1 cm³/mol. The number of hydrogen-bond donors (Lipinski definition) is 1. The molecule has 0 saturated heterocycles. The quantitative estimate of drug-likeness (QED) is 0.603. The van der Waals surface area contributed by atoms with Crippen molar-refractivity contribution in [3.05, 3.63) is 29.8 Å². The van der Waals surface area contributed by atoms with Crippen molar-refractivity contribution in [3.63, 3.8) is 0 Å². The fraction of sp³-hybridized carbons (Fsp3) is 0.333. The molecule has 5 nitrogen and oxygen atoms in total. The highest BCUT2D eigenvalue weighted by atomic mass is 16.5. The molecule has 0 aromatic heterocycles. The van der Waals surface area contributed by atoms with E-state index in [1.807, 2.05) is 0 Å². The van der Waals surface area contributed by atoms with Crippen LogP contribution in [0, 0.1) is 0 Å². The summed E-state index contributed by atoms with van der Waals surface area (Å²) < 4.78 is 9.95. The number of rotatable bonds is 6. The topological polar surface area (TPSA) is 72.8 Å². The van der Waals surface area contributed by atoms with E-state index < -0.39 is 11.9 Å². The predicted octanol–water partition coefficient (Wildman–Crippen LogP) is 1.72. The van der Waals surface area contributed by atoms with Gasteiger partial charge in [0.1, 0.15) is 11.3 Å². The van der Waals surface area contributed by atoms with Crippen molar-refractivity contribution < 1.29 is 24.2 Å². The molecule has 0 bridgehead atoms. The van der Waals surface area contributed by atoms with Gasteiger partial charge in [-0.15, -0.1) is 0 Å².